The summed E-state index contributed by atoms with van der Waals surface area (Å²) in [5, 5.41) is 2.10. The quantitative estimate of drug-likeness (QED) is 0.835. The van der Waals surface area contributed by atoms with Crippen LogP contribution in [0.1, 0.15) is 23.3 Å². The number of thiophene rings is 1. The van der Waals surface area contributed by atoms with Gasteiger partial charge in [-0.2, -0.15) is 0 Å². The number of carbonyl (C=O) groups excluding carboxylic acids is 1. The molecule has 3 rings (SSSR count). The number of carbonyl (C=O) groups is 1. The highest BCUT2D eigenvalue weighted by molar-refractivity contribution is 7.09. The van der Waals surface area contributed by atoms with Crippen LogP contribution in [0.3, 0.4) is 0 Å². The molecule has 0 saturated carbocycles. The normalized spacial score (nSPS) is 15.0. The molecule has 122 valence electrons. The Morgan fingerprint density at radius 2 is 1.83 bits per heavy atom. The fourth-order valence-electron chi connectivity index (χ4n) is 3.00. The Morgan fingerprint density at radius 1 is 1.09 bits per heavy atom. The molecule has 1 aromatic heterocycles. The van der Waals surface area contributed by atoms with E-state index in [1.165, 1.54) is 16.1 Å². The minimum absolute atomic E-state index is 0.310. The molecule has 1 fully saturated rings. The van der Waals surface area contributed by atoms with E-state index < -0.39 is 0 Å². The average molecular weight is 328 g/mol. The fourth-order valence-corrected chi connectivity index (χ4v) is 3.75. The highest BCUT2D eigenvalue weighted by Crippen LogP contribution is 2.18. The van der Waals surface area contributed by atoms with Crippen molar-refractivity contribution in [2.24, 2.45) is 0 Å². The van der Waals surface area contributed by atoms with Crippen molar-refractivity contribution in [1.82, 2.24) is 4.90 Å². The molecule has 0 bridgehead atoms. The predicted octanol–water partition coefficient (Wildman–Crippen LogP) is 3.73. The van der Waals surface area contributed by atoms with Gasteiger partial charge in [0.05, 0.1) is 0 Å². The van der Waals surface area contributed by atoms with E-state index in [2.05, 4.69) is 53.6 Å². The van der Waals surface area contributed by atoms with Crippen molar-refractivity contribution in [3.63, 3.8) is 0 Å². The van der Waals surface area contributed by atoms with Crippen LogP contribution in [0.4, 0.5) is 5.69 Å². The monoisotopic (exact) mass is 328 g/mol. The molecule has 0 spiro atoms. The smallest absolute Gasteiger partial charge is 0.222 e. The number of hydrogen-bond acceptors (Lipinski definition) is 3. The standard InChI is InChI=1S/C19H24N2OS/c1-16-7-9-17(10-8-16)20-11-13-21(14-12-20)19(22)6-2-4-18-5-3-15-23-18/h3,5,7-10,15H,2,4,6,11-14H2,1H3. The lowest BCUT2D eigenvalue weighted by Crippen LogP contribution is -2.48. The topological polar surface area (TPSA) is 23.6 Å². The molecule has 0 unspecified atom stereocenters. The minimum Gasteiger partial charge on any atom is -0.368 e. The zero-order valence-corrected chi connectivity index (χ0v) is 14.5. The van der Waals surface area contributed by atoms with E-state index in [0.717, 1.165) is 39.0 Å². The molecule has 1 saturated heterocycles. The summed E-state index contributed by atoms with van der Waals surface area (Å²) in [5.74, 6) is 0.310. The van der Waals surface area contributed by atoms with Gasteiger partial charge < -0.3 is 9.80 Å². The second-order valence-electron chi connectivity index (χ2n) is 6.14. The van der Waals surface area contributed by atoms with Gasteiger partial charge in [-0.05, 0) is 43.3 Å². The van der Waals surface area contributed by atoms with Crippen molar-refractivity contribution in [1.29, 1.82) is 0 Å². The van der Waals surface area contributed by atoms with Crippen molar-refractivity contribution in [3.05, 3.63) is 52.2 Å². The molecule has 1 amide bonds. The van der Waals surface area contributed by atoms with Crippen molar-refractivity contribution in [2.45, 2.75) is 26.2 Å². The number of benzene rings is 1. The molecule has 1 aliphatic heterocycles. The lowest BCUT2D eigenvalue weighted by molar-refractivity contribution is -0.131. The lowest BCUT2D eigenvalue weighted by Gasteiger charge is -2.36. The number of anilines is 1. The molecule has 0 radical (unpaired) electrons. The Hall–Kier alpha value is -1.81. The van der Waals surface area contributed by atoms with E-state index in [1.807, 2.05) is 4.90 Å². The molecule has 1 aliphatic rings. The van der Waals surface area contributed by atoms with E-state index in [4.69, 9.17) is 0 Å². The molecule has 4 heteroatoms. The molecule has 0 N–H and O–H groups in total. The summed E-state index contributed by atoms with van der Waals surface area (Å²) >= 11 is 1.78. The van der Waals surface area contributed by atoms with Crippen LogP contribution in [0.5, 0.6) is 0 Å². The second kappa shape index (κ2) is 7.64. The van der Waals surface area contributed by atoms with Crippen molar-refractivity contribution in [2.75, 3.05) is 31.1 Å². The Labute approximate surface area is 142 Å². The van der Waals surface area contributed by atoms with Gasteiger partial charge >= 0.3 is 0 Å². The van der Waals surface area contributed by atoms with Crippen LogP contribution in [0.15, 0.2) is 41.8 Å². The Balaban J connectivity index is 1.43. The summed E-state index contributed by atoms with van der Waals surface area (Å²) < 4.78 is 0. The van der Waals surface area contributed by atoms with E-state index >= 15 is 0 Å². The number of rotatable bonds is 5. The van der Waals surface area contributed by atoms with E-state index in [-0.39, 0.29) is 0 Å². The predicted molar refractivity (Wildman–Crippen MR) is 97.2 cm³/mol. The molecule has 23 heavy (non-hydrogen) atoms. The van der Waals surface area contributed by atoms with Gasteiger partial charge in [-0.15, -0.1) is 11.3 Å². The van der Waals surface area contributed by atoms with Gasteiger partial charge in [0, 0.05) is 43.2 Å². The van der Waals surface area contributed by atoms with Gasteiger partial charge in [0.15, 0.2) is 0 Å². The molecule has 0 atom stereocenters. The highest BCUT2D eigenvalue weighted by atomic mass is 32.1. The summed E-state index contributed by atoms with van der Waals surface area (Å²) in [7, 11) is 0. The third kappa shape index (κ3) is 4.35. The molecule has 1 aromatic carbocycles. The first-order valence-corrected chi connectivity index (χ1v) is 9.22. The van der Waals surface area contributed by atoms with Crippen LogP contribution < -0.4 is 4.90 Å². The zero-order valence-electron chi connectivity index (χ0n) is 13.7. The Bertz CT molecular complexity index is 613. The van der Waals surface area contributed by atoms with Gasteiger partial charge in [-0.3, -0.25) is 4.79 Å². The SMILES string of the molecule is Cc1ccc(N2CCN(C(=O)CCCc3cccs3)CC2)cc1. The molecule has 0 aliphatic carbocycles. The van der Waals surface area contributed by atoms with E-state index in [0.29, 0.717) is 12.3 Å². The number of amides is 1. The third-order valence-electron chi connectivity index (χ3n) is 4.43. The van der Waals surface area contributed by atoms with Crippen molar-refractivity contribution >= 4 is 22.9 Å². The maximum Gasteiger partial charge on any atom is 0.222 e. The zero-order chi connectivity index (χ0) is 16.1. The summed E-state index contributed by atoms with van der Waals surface area (Å²) in [6.45, 7) is 5.65. The lowest BCUT2D eigenvalue weighted by atomic mass is 10.1. The largest absolute Gasteiger partial charge is 0.368 e. The average Bonchev–Trinajstić information content (AvgIpc) is 3.09. The number of aryl methyl sites for hydroxylation is 2. The maximum atomic E-state index is 12.3. The van der Waals surface area contributed by atoms with Crippen molar-refractivity contribution < 1.29 is 4.79 Å². The Kier molecular flexibility index (Phi) is 5.34. The van der Waals surface area contributed by atoms with Crippen molar-refractivity contribution in [3.8, 4) is 0 Å². The highest BCUT2D eigenvalue weighted by Gasteiger charge is 2.20. The first-order chi connectivity index (χ1) is 11.2. The van der Waals surface area contributed by atoms with Crippen LogP contribution >= 0.6 is 11.3 Å². The summed E-state index contributed by atoms with van der Waals surface area (Å²) in [6, 6.07) is 12.9. The summed E-state index contributed by atoms with van der Waals surface area (Å²) in [4.78, 5) is 18.1. The van der Waals surface area contributed by atoms with Crippen LogP contribution in [-0.2, 0) is 11.2 Å². The molecule has 3 nitrogen and oxygen atoms in total. The number of hydrogen-bond donors (Lipinski definition) is 0. The molecular formula is C19H24N2OS. The van der Waals surface area contributed by atoms with Gasteiger partial charge in [-0.25, -0.2) is 0 Å². The second-order valence-corrected chi connectivity index (χ2v) is 7.17. The van der Waals surface area contributed by atoms with E-state index in [9.17, 15) is 4.79 Å². The first kappa shape index (κ1) is 16.1. The van der Waals surface area contributed by atoms with Crippen LogP contribution in [0.2, 0.25) is 0 Å². The van der Waals surface area contributed by atoms with Gasteiger partial charge in [-0.1, -0.05) is 23.8 Å². The summed E-state index contributed by atoms with van der Waals surface area (Å²) in [6.07, 6.45) is 2.65. The first-order valence-electron chi connectivity index (χ1n) is 8.34. The maximum absolute atomic E-state index is 12.3. The van der Waals surface area contributed by atoms with Crippen LogP contribution in [-0.4, -0.2) is 37.0 Å². The molecule has 2 heterocycles. The van der Waals surface area contributed by atoms with Crippen LogP contribution in [0.25, 0.3) is 0 Å². The van der Waals surface area contributed by atoms with Gasteiger partial charge in [0.25, 0.3) is 0 Å². The fraction of sp³-hybridized carbons (Fsp3) is 0.421. The van der Waals surface area contributed by atoms with Gasteiger partial charge in [0.2, 0.25) is 5.91 Å². The van der Waals surface area contributed by atoms with Crippen LogP contribution in [0, 0.1) is 6.92 Å². The third-order valence-corrected chi connectivity index (χ3v) is 5.36. The Morgan fingerprint density at radius 3 is 2.48 bits per heavy atom. The van der Waals surface area contributed by atoms with E-state index in [1.54, 1.807) is 11.3 Å². The number of piperazine rings is 1. The summed E-state index contributed by atoms with van der Waals surface area (Å²) in [5.41, 5.74) is 2.55. The minimum atomic E-state index is 0.310. The molecule has 2 aromatic rings. The number of nitrogens with zero attached hydrogens (tertiary/aromatic N) is 2. The molecular weight excluding hydrogens is 304 g/mol. The van der Waals surface area contributed by atoms with Gasteiger partial charge in [0.1, 0.15) is 0 Å².